The van der Waals surface area contributed by atoms with Crippen LogP contribution in [0.2, 0.25) is 5.15 Å². The molecule has 0 aliphatic rings. The van der Waals surface area contributed by atoms with E-state index < -0.39 is 11.2 Å². The molecule has 0 fully saturated rings. The molecule has 0 bridgehead atoms. The van der Waals surface area contributed by atoms with Gasteiger partial charge in [0, 0.05) is 12.3 Å². The van der Waals surface area contributed by atoms with Gasteiger partial charge >= 0.3 is 5.69 Å². The highest BCUT2D eigenvalue weighted by molar-refractivity contribution is 6.29. The van der Waals surface area contributed by atoms with Gasteiger partial charge in [-0.25, -0.2) is 4.79 Å². The zero-order chi connectivity index (χ0) is 12.4. The topological polar surface area (TPSA) is 67.8 Å². The highest BCUT2D eigenvalue weighted by atomic mass is 35.5. The van der Waals surface area contributed by atoms with Crippen LogP contribution in [0.1, 0.15) is 11.3 Å². The number of H-pyrrole nitrogens is 1. The molecule has 0 saturated carbocycles. The standard InChI is InChI=1S/C11H10ClN3O2/c1-7-3-2-4-13-8(7)6-15-10(16)5-9(12)14-11(15)17/h2-5H,6H2,1H3,(H,14,17). The van der Waals surface area contributed by atoms with Gasteiger partial charge in [0.2, 0.25) is 0 Å². The molecule has 2 aromatic heterocycles. The molecule has 88 valence electrons. The smallest absolute Gasteiger partial charge is 0.298 e. The zero-order valence-corrected chi connectivity index (χ0v) is 9.86. The van der Waals surface area contributed by atoms with Crippen molar-refractivity contribution in [1.29, 1.82) is 0 Å². The van der Waals surface area contributed by atoms with E-state index in [1.165, 1.54) is 6.07 Å². The van der Waals surface area contributed by atoms with Crippen LogP contribution in [0, 0.1) is 6.92 Å². The molecular weight excluding hydrogens is 242 g/mol. The molecular formula is C11H10ClN3O2. The summed E-state index contributed by atoms with van der Waals surface area (Å²) in [7, 11) is 0. The van der Waals surface area contributed by atoms with Gasteiger partial charge in [-0.2, -0.15) is 0 Å². The molecule has 0 spiro atoms. The first-order valence-corrected chi connectivity index (χ1v) is 5.36. The van der Waals surface area contributed by atoms with Gasteiger partial charge in [-0.15, -0.1) is 0 Å². The summed E-state index contributed by atoms with van der Waals surface area (Å²) in [5.74, 6) is 0. The highest BCUT2D eigenvalue weighted by Gasteiger charge is 2.06. The van der Waals surface area contributed by atoms with E-state index in [-0.39, 0.29) is 11.7 Å². The van der Waals surface area contributed by atoms with Crippen LogP contribution in [0.4, 0.5) is 0 Å². The molecule has 0 amide bonds. The summed E-state index contributed by atoms with van der Waals surface area (Å²) in [4.78, 5) is 29.7. The number of pyridine rings is 1. The molecule has 0 radical (unpaired) electrons. The predicted octanol–water partition coefficient (Wildman–Crippen LogP) is 0.942. The number of halogens is 1. The first-order chi connectivity index (χ1) is 8.08. The SMILES string of the molecule is Cc1cccnc1Cn1c(=O)cc(Cl)[nH]c1=O. The lowest BCUT2D eigenvalue weighted by atomic mass is 10.2. The van der Waals surface area contributed by atoms with Crippen LogP contribution in [-0.2, 0) is 6.54 Å². The maximum absolute atomic E-state index is 11.6. The van der Waals surface area contributed by atoms with Crippen molar-refractivity contribution in [3.63, 3.8) is 0 Å². The Balaban J connectivity index is 2.48. The third kappa shape index (κ3) is 2.45. The van der Waals surface area contributed by atoms with E-state index in [4.69, 9.17) is 11.6 Å². The van der Waals surface area contributed by atoms with Gasteiger partial charge in [0.15, 0.2) is 0 Å². The van der Waals surface area contributed by atoms with Gasteiger partial charge in [0.1, 0.15) is 5.15 Å². The number of hydrogen-bond acceptors (Lipinski definition) is 3. The summed E-state index contributed by atoms with van der Waals surface area (Å²) in [5, 5.41) is 0.0361. The second kappa shape index (κ2) is 4.55. The third-order valence-corrected chi connectivity index (χ3v) is 2.62. The van der Waals surface area contributed by atoms with E-state index in [1.54, 1.807) is 12.3 Å². The molecule has 17 heavy (non-hydrogen) atoms. The Hall–Kier alpha value is -1.88. The normalized spacial score (nSPS) is 10.5. The molecule has 2 rings (SSSR count). The van der Waals surface area contributed by atoms with Gasteiger partial charge < -0.3 is 0 Å². The second-order valence-electron chi connectivity index (χ2n) is 3.61. The molecule has 1 N–H and O–H groups in total. The Morgan fingerprint density at radius 1 is 1.47 bits per heavy atom. The summed E-state index contributed by atoms with van der Waals surface area (Å²) < 4.78 is 1.06. The van der Waals surface area contributed by atoms with E-state index in [1.807, 2.05) is 13.0 Å². The first kappa shape index (κ1) is 11.6. The zero-order valence-electron chi connectivity index (χ0n) is 9.11. The molecule has 0 unspecified atom stereocenters. The summed E-state index contributed by atoms with van der Waals surface area (Å²) in [6.07, 6.45) is 1.62. The number of hydrogen-bond donors (Lipinski definition) is 1. The summed E-state index contributed by atoms with van der Waals surface area (Å²) >= 11 is 5.57. The fourth-order valence-electron chi connectivity index (χ4n) is 1.48. The van der Waals surface area contributed by atoms with Crippen molar-refractivity contribution in [1.82, 2.24) is 14.5 Å². The largest absolute Gasteiger partial charge is 0.329 e. The number of aromatic nitrogens is 3. The lowest BCUT2D eigenvalue weighted by molar-refractivity contribution is 0.681. The van der Waals surface area contributed by atoms with Crippen molar-refractivity contribution in [3.8, 4) is 0 Å². The minimum absolute atomic E-state index is 0.0361. The molecule has 0 atom stereocenters. The van der Waals surface area contributed by atoms with Gasteiger partial charge in [0.05, 0.1) is 12.2 Å². The van der Waals surface area contributed by atoms with Gasteiger partial charge in [0.25, 0.3) is 5.56 Å². The van der Waals surface area contributed by atoms with E-state index in [0.717, 1.165) is 10.1 Å². The molecule has 0 aliphatic heterocycles. The van der Waals surface area contributed by atoms with Crippen LogP contribution in [0.25, 0.3) is 0 Å². The van der Waals surface area contributed by atoms with Crippen LogP contribution in [0.15, 0.2) is 34.0 Å². The lowest BCUT2D eigenvalue weighted by Crippen LogP contribution is -2.35. The number of nitrogens with zero attached hydrogens (tertiary/aromatic N) is 2. The Bertz CT molecular complexity index is 629. The van der Waals surface area contributed by atoms with Crippen LogP contribution in [0.5, 0.6) is 0 Å². The maximum Gasteiger partial charge on any atom is 0.329 e. The molecule has 6 heteroatoms. The second-order valence-corrected chi connectivity index (χ2v) is 4.02. The average Bonchev–Trinajstić information content (AvgIpc) is 2.25. The van der Waals surface area contributed by atoms with E-state index in [0.29, 0.717) is 5.69 Å². The third-order valence-electron chi connectivity index (χ3n) is 2.41. The van der Waals surface area contributed by atoms with E-state index in [9.17, 15) is 9.59 Å². The van der Waals surface area contributed by atoms with Gasteiger partial charge in [-0.3, -0.25) is 19.3 Å². The monoisotopic (exact) mass is 251 g/mol. The number of rotatable bonds is 2. The van der Waals surface area contributed by atoms with Crippen LogP contribution in [0.3, 0.4) is 0 Å². The molecule has 0 aliphatic carbocycles. The Morgan fingerprint density at radius 2 is 2.24 bits per heavy atom. The Labute approximate surface area is 102 Å². The van der Waals surface area contributed by atoms with Crippen LogP contribution >= 0.6 is 11.6 Å². The molecule has 2 aromatic rings. The number of nitrogens with one attached hydrogen (secondary N) is 1. The van der Waals surface area contributed by atoms with Crippen LogP contribution < -0.4 is 11.2 Å². The van der Waals surface area contributed by atoms with Crippen molar-refractivity contribution in [2.45, 2.75) is 13.5 Å². The van der Waals surface area contributed by atoms with Gasteiger partial charge in [-0.1, -0.05) is 17.7 Å². The van der Waals surface area contributed by atoms with E-state index >= 15 is 0 Å². The van der Waals surface area contributed by atoms with Crippen molar-refractivity contribution < 1.29 is 0 Å². The lowest BCUT2D eigenvalue weighted by Gasteiger charge is -2.06. The number of aromatic amines is 1. The Kier molecular flexibility index (Phi) is 3.10. The fourth-order valence-corrected chi connectivity index (χ4v) is 1.65. The molecule has 5 nitrogen and oxygen atoms in total. The fraction of sp³-hybridized carbons (Fsp3) is 0.182. The maximum atomic E-state index is 11.6. The Morgan fingerprint density at radius 3 is 2.88 bits per heavy atom. The molecule has 0 aromatic carbocycles. The minimum Gasteiger partial charge on any atom is -0.298 e. The van der Waals surface area contributed by atoms with E-state index in [2.05, 4.69) is 9.97 Å². The first-order valence-electron chi connectivity index (χ1n) is 4.98. The molecule has 0 saturated heterocycles. The highest BCUT2D eigenvalue weighted by Crippen LogP contribution is 2.03. The van der Waals surface area contributed by atoms with Gasteiger partial charge in [-0.05, 0) is 18.6 Å². The van der Waals surface area contributed by atoms with Crippen molar-refractivity contribution >= 4 is 11.6 Å². The molecule has 2 heterocycles. The number of aryl methyl sites for hydroxylation is 1. The minimum atomic E-state index is -0.535. The van der Waals surface area contributed by atoms with Crippen molar-refractivity contribution in [3.05, 3.63) is 61.6 Å². The van der Waals surface area contributed by atoms with Crippen molar-refractivity contribution in [2.24, 2.45) is 0 Å². The summed E-state index contributed by atoms with van der Waals surface area (Å²) in [6.45, 7) is 2.01. The van der Waals surface area contributed by atoms with Crippen LogP contribution in [-0.4, -0.2) is 14.5 Å². The average molecular weight is 252 g/mol. The van der Waals surface area contributed by atoms with Crippen molar-refractivity contribution in [2.75, 3.05) is 0 Å². The predicted molar refractivity (Wildman–Crippen MR) is 64.4 cm³/mol. The summed E-state index contributed by atoms with van der Waals surface area (Å²) in [5.41, 5.74) is 0.632. The quantitative estimate of drug-likeness (QED) is 0.808. The summed E-state index contributed by atoms with van der Waals surface area (Å²) in [6, 6.07) is 4.84.